The van der Waals surface area contributed by atoms with E-state index in [1.807, 2.05) is 0 Å². The molecule has 0 radical (unpaired) electrons. The molecular formula is C16H24N4O2. The highest BCUT2D eigenvalue weighted by Crippen LogP contribution is 2.28. The Labute approximate surface area is 130 Å². The topological polar surface area (TPSA) is 117 Å². The average Bonchev–Trinajstić information content (AvgIpc) is 2.35. The van der Waals surface area contributed by atoms with Crippen molar-refractivity contribution in [3.8, 4) is 0 Å². The van der Waals surface area contributed by atoms with E-state index < -0.39 is 11.2 Å². The monoisotopic (exact) mass is 304 g/mol. The van der Waals surface area contributed by atoms with Crippen molar-refractivity contribution >= 4 is 11.3 Å². The first kappa shape index (κ1) is 16.3. The normalized spacial score (nSPS) is 19.3. The number of allylic oxidation sites excluding steroid dienone is 2. The van der Waals surface area contributed by atoms with Crippen molar-refractivity contribution < 1.29 is 10.2 Å². The van der Waals surface area contributed by atoms with Crippen LogP contribution in [0.2, 0.25) is 0 Å². The molecule has 1 aromatic heterocycles. The minimum Gasteiger partial charge on any atom is -0.400 e. The summed E-state index contributed by atoms with van der Waals surface area (Å²) in [5.41, 5.74) is 13.0. The summed E-state index contributed by atoms with van der Waals surface area (Å²) in [5.74, 6) is 0. The van der Waals surface area contributed by atoms with E-state index in [0.717, 1.165) is 11.1 Å². The Morgan fingerprint density at radius 1 is 1.18 bits per heavy atom. The van der Waals surface area contributed by atoms with Gasteiger partial charge in [0.25, 0.3) is 0 Å². The number of nitrogens with one attached hydrogen (secondary N) is 1. The number of anilines is 1. The molecule has 6 nitrogen and oxygen atoms in total. The number of aliphatic hydroxyl groups is 2. The molecule has 0 saturated heterocycles. The molecular weight excluding hydrogens is 280 g/mol. The van der Waals surface area contributed by atoms with Gasteiger partial charge in [0.2, 0.25) is 0 Å². The summed E-state index contributed by atoms with van der Waals surface area (Å²) in [7, 11) is 0. The van der Waals surface area contributed by atoms with Gasteiger partial charge in [-0.15, -0.1) is 0 Å². The smallest absolute Gasteiger partial charge is 0.103 e. The van der Waals surface area contributed by atoms with E-state index in [0.29, 0.717) is 17.1 Å². The fourth-order valence-electron chi connectivity index (χ4n) is 2.50. The molecule has 1 aromatic rings. The number of hydrogen-bond donors (Lipinski definition) is 5. The van der Waals surface area contributed by atoms with Crippen LogP contribution in [0, 0.1) is 0 Å². The molecule has 2 rings (SSSR count). The SMILES string of the molecule is CC(C)(O)c1ncc(C2=CNC(C(C)(C)O)C(N)=C2)cc1N. The largest absolute Gasteiger partial charge is 0.400 e. The molecule has 0 aliphatic carbocycles. The van der Waals surface area contributed by atoms with E-state index in [4.69, 9.17) is 11.5 Å². The molecule has 1 atom stereocenters. The molecule has 0 bridgehead atoms. The molecule has 0 aromatic carbocycles. The van der Waals surface area contributed by atoms with Gasteiger partial charge in [0.1, 0.15) is 5.60 Å². The van der Waals surface area contributed by atoms with Crippen LogP contribution in [0.5, 0.6) is 0 Å². The maximum Gasteiger partial charge on any atom is 0.103 e. The van der Waals surface area contributed by atoms with Crippen molar-refractivity contribution in [1.29, 1.82) is 0 Å². The molecule has 22 heavy (non-hydrogen) atoms. The van der Waals surface area contributed by atoms with Gasteiger partial charge in [-0.1, -0.05) is 0 Å². The highest BCUT2D eigenvalue weighted by molar-refractivity contribution is 5.77. The van der Waals surface area contributed by atoms with Crippen molar-refractivity contribution in [2.75, 3.05) is 5.73 Å². The van der Waals surface area contributed by atoms with Crippen LogP contribution in [0.25, 0.3) is 5.57 Å². The van der Waals surface area contributed by atoms with Gasteiger partial charge in [-0.3, -0.25) is 4.98 Å². The van der Waals surface area contributed by atoms with Crippen LogP contribution in [0.3, 0.4) is 0 Å². The average molecular weight is 304 g/mol. The van der Waals surface area contributed by atoms with Gasteiger partial charge in [-0.05, 0) is 39.8 Å². The third kappa shape index (κ3) is 3.23. The summed E-state index contributed by atoms with van der Waals surface area (Å²) in [6.45, 7) is 6.67. The molecule has 1 aliphatic rings. The number of nitrogen functional groups attached to an aromatic ring is 1. The van der Waals surface area contributed by atoms with Gasteiger partial charge in [-0.25, -0.2) is 0 Å². The van der Waals surface area contributed by atoms with Crippen LogP contribution in [-0.4, -0.2) is 26.8 Å². The number of rotatable bonds is 3. The molecule has 0 spiro atoms. The maximum absolute atomic E-state index is 10.1. The quantitative estimate of drug-likeness (QED) is 0.564. The van der Waals surface area contributed by atoms with Crippen LogP contribution < -0.4 is 16.8 Å². The van der Waals surface area contributed by atoms with Crippen molar-refractivity contribution in [1.82, 2.24) is 10.3 Å². The summed E-state index contributed by atoms with van der Waals surface area (Å²) in [6.07, 6.45) is 5.21. The summed E-state index contributed by atoms with van der Waals surface area (Å²) >= 11 is 0. The molecule has 0 saturated carbocycles. The van der Waals surface area contributed by atoms with Crippen molar-refractivity contribution in [2.45, 2.75) is 44.9 Å². The third-order valence-electron chi connectivity index (χ3n) is 3.60. The van der Waals surface area contributed by atoms with E-state index in [-0.39, 0.29) is 6.04 Å². The minimum atomic E-state index is -1.09. The van der Waals surface area contributed by atoms with Gasteiger partial charge in [0.15, 0.2) is 0 Å². The van der Waals surface area contributed by atoms with Gasteiger partial charge in [-0.2, -0.15) is 0 Å². The fourth-order valence-corrected chi connectivity index (χ4v) is 2.50. The lowest BCUT2D eigenvalue weighted by molar-refractivity contribution is 0.0543. The van der Waals surface area contributed by atoms with Crippen LogP contribution in [0.4, 0.5) is 5.69 Å². The predicted octanol–water partition coefficient (Wildman–Crippen LogP) is 0.817. The predicted molar refractivity (Wildman–Crippen MR) is 87.4 cm³/mol. The summed E-state index contributed by atoms with van der Waals surface area (Å²) in [6, 6.07) is 1.40. The Morgan fingerprint density at radius 2 is 1.82 bits per heavy atom. The maximum atomic E-state index is 10.1. The van der Waals surface area contributed by atoms with Crippen LogP contribution >= 0.6 is 0 Å². The lowest BCUT2D eigenvalue weighted by Gasteiger charge is -2.32. The first-order valence-corrected chi connectivity index (χ1v) is 7.14. The zero-order valence-corrected chi connectivity index (χ0v) is 13.4. The van der Waals surface area contributed by atoms with Gasteiger partial charge in [0, 0.05) is 29.2 Å². The van der Waals surface area contributed by atoms with E-state index >= 15 is 0 Å². The van der Waals surface area contributed by atoms with E-state index in [1.165, 1.54) is 0 Å². The molecule has 6 heteroatoms. The van der Waals surface area contributed by atoms with Gasteiger partial charge < -0.3 is 27.0 Å². The molecule has 1 aliphatic heterocycles. The lowest BCUT2D eigenvalue weighted by atomic mass is 9.91. The fraction of sp³-hybridized carbons (Fsp3) is 0.438. The van der Waals surface area contributed by atoms with E-state index in [1.54, 1.807) is 52.2 Å². The molecule has 120 valence electrons. The Hall–Kier alpha value is -2.05. The standard InChI is InChI=1S/C16H24N4O2/c1-15(2,21)13-11(17)5-9(7-19-13)10-6-12(18)14(20-8-10)16(3,4)22/h5-8,13,19,21-22H,17-18H2,1-4H3. The van der Waals surface area contributed by atoms with Crippen LogP contribution in [-0.2, 0) is 5.60 Å². The number of nitrogens with zero attached hydrogens (tertiary/aromatic N) is 1. The Bertz CT molecular complexity index is 637. The molecule has 0 amide bonds. The van der Waals surface area contributed by atoms with Crippen LogP contribution in [0.1, 0.15) is 39.0 Å². The van der Waals surface area contributed by atoms with E-state index in [9.17, 15) is 10.2 Å². The van der Waals surface area contributed by atoms with E-state index in [2.05, 4.69) is 10.3 Å². The van der Waals surface area contributed by atoms with Crippen molar-refractivity contribution in [3.63, 3.8) is 0 Å². The minimum absolute atomic E-state index is 0.350. The second kappa shape index (κ2) is 5.30. The van der Waals surface area contributed by atoms with Crippen LogP contribution in [0.15, 0.2) is 30.2 Å². The zero-order chi connectivity index (χ0) is 16.7. The number of dihydropyridines is 1. The Balaban J connectivity index is 2.32. The number of nitrogens with two attached hydrogens (primary N) is 2. The zero-order valence-electron chi connectivity index (χ0n) is 13.4. The Kier molecular flexibility index (Phi) is 3.93. The Morgan fingerprint density at radius 3 is 2.27 bits per heavy atom. The number of aromatic nitrogens is 1. The van der Waals surface area contributed by atoms with Gasteiger partial charge >= 0.3 is 0 Å². The first-order chi connectivity index (χ1) is 10.00. The third-order valence-corrected chi connectivity index (χ3v) is 3.60. The summed E-state index contributed by atoms with van der Waals surface area (Å²) in [5, 5.41) is 23.2. The summed E-state index contributed by atoms with van der Waals surface area (Å²) in [4.78, 5) is 4.25. The van der Waals surface area contributed by atoms with Crippen molar-refractivity contribution in [2.24, 2.45) is 5.73 Å². The number of pyridine rings is 1. The molecule has 0 fully saturated rings. The molecule has 7 N–H and O–H groups in total. The first-order valence-electron chi connectivity index (χ1n) is 7.14. The summed E-state index contributed by atoms with van der Waals surface area (Å²) < 4.78 is 0. The van der Waals surface area contributed by atoms with Gasteiger partial charge in [0.05, 0.1) is 23.0 Å². The second-order valence-corrected chi connectivity index (χ2v) is 6.72. The van der Waals surface area contributed by atoms with Crippen molar-refractivity contribution in [3.05, 3.63) is 41.5 Å². The highest BCUT2D eigenvalue weighted by atomic mass is 16.3. The molecule has 2 heterocycles. The lowest BCUT2D eigenvalue weighted by Crippen LogP contribution is -2.49. The second-order valence-electron chi connectivity index (χ2n) is 6.72. The molecule has 1 unspecified atom stereocenters. The number of hydrogen-bond acceptors (Lipinski definition) is 6. The highest BCUT2D eigenvalue weighted by Gasteiger charge is 2.30.